The minimum Gasteiger partial charge on any atom is -0.359 e. The van der Waals surface area contributed by atoms with Gasteiger partial charge in [-0.15, -0.1) is 0 Å². The van der Waals surface area contributed by atoms with Gasteiger partial charge in [0, 0.05) is 56.3 Å². The van der Waals surface area contributed by atoms with Crippen LogP contribution in [0.5, 0.6) is 0 Å². The summed E-state index contributed by atoms with van der Waals surface area (Å²) >= 11 is 6.25. The minimum atomic E-state index is -2.63. The number of anilines is 1. The second-order valence-electron chi connectivity index (χ2n) is 7.25. The largest absolute Gasteiger partial charge is 0.359 e. The zero-order chi connectivity index (χ0) is 21.5. The third-order valence-electron chi connectivity index (χ3n) is 5.11. The molecule has 4 rings (SSSR count). The molecule has 0 aliphatic carbocycles. The van der Waals surface area contributed by atoms with Crippen LogP contribution >= 0.6 is 11.6 Å². The monoisotopic (exact) mass is 440 g/mol. The molecule has 158 valence electrons. The van der Waals surface area contributed by atoms with E-state index in [4.69, 9.17) is 11.6 Å². The molecule has 0 spiro atoms. The summed E-state index contributed by atoms with van der Waals surface area (Å²) in [7, 11) is 0. The molecule has 1 amide bonds. The van der Waals surface area contributed by atoms with Gasteiger partial charge in [-0.2, -0.15) is 0 Å². The van der Waals surface area contributed by atoms with E-state index in [0.717, 1.165) is 12.1 Å². The van der Waals surface area contributed by atoms with E-state index in [9.17, 15) is 22.4 Å². The summed E-state index contributed by atoms with van der Waals surface area (Å²) in [6, 6.07) is 3.43. The molecule has 0 bridgehead atoms. The molecule has 1 saturated heterocycles. The van der Waals surface area contributed by atoms with E-state index in [1.54, 1.807) is 0 Å². The van der Waals surface area contributed by atoms with Crippen molar-refractivity contribution in [3.05, 3.63) is 58.5 Å². The maximum absolute atomic E-state index is 13.5. The number of aromatic amines is 1. The van der Waals surface area contributed by atoms with E-state index in [1.165, 1.54) is 18.5 Å². The van der Waals surface area contributed by atoms with Gasteiger partial charge >= 0.3 is 0 Å². The number of piperidine rings is 1. The third kappa shape index (κ3) is 4.27. The molecular formula is C20H17ClF4N4O. The summed E-state index contributed by atoms with van der Waals surface area (Å²) in [4.78, 5) is 21.4. The lowest BCUT2D eigenvalue weighted by Crippen LogP contribution is -2.39. The van der Waals surface area contributed by atoms with Crippen LogP contribution in [0.4, 0.5) is 23.2 Å². The van der Waals surface area contributed by atoms with E-state index < -0.39 is 23.5 Å². The van der Waals surface area contributed by atoms with E-state index in [-0.39, 0.29) is 42.2 Å². The second-order valence-corrected chi connectivity index (χ2v) is 7.66. The number of nitrogens with one attached hydrogen (secondary N) is 2. The number of carbonyl (C=O) groups excluding carboxylic acids is 1. The fraction of sp³-hybridized carbons (Fsp3) is 0.300. The Kier molecular flexibility index (Phi) is 5.42. The predicted octanol–water partition coefficient (Wildman–Crippen LogP) is 4.98. The van der Waals surface area contributed by atoms with Gasteiger partial charge < -0.3 is 10.3 Å². The first kappa shape index (κ1) is 20.6. The van der Waals surface area contributed by atoms with Gasteiger partial charge in [-0.25, -0.2) is 17.6 Å². The maximum Gasteiger partial charge on any atom is 0.257 e. The third-order valence-corrected chi connectivity index (χ3v) is 5.44. The number of hydrogen-bond donors (Lipinski definition) is 2. The number of carbonyl (C=O) groups is 1. The van der Waals surface area contributed by atoms with Crippen molar-refractivity contribution in [3.63, 3.8) is 0 Å². The van der Waals surface area contributed by atoms with Crippen LogP contribution in [0.1, 0.15) is 28.9 Å². The molecule has 0 saturated carbocycles. The van der Waals surface area contributed by atoms with Crippen molar-refractivity contribution >= 4 is 34.1 Å². The number of H-pyrrole nitrogens is 1. The number of aromatic nitrogens is 2. The minimum absolute atomic E-state index is 0.172. The van der Waals surface area contributed by atoms with Gasteiger partial charge in [0.05, 0.1) is 27.5 Å². The van der Waals surface area contributed by atoms with Crippen LogP contribution in [-0.2, 0) is 6.54 Å². The molecule has 1 fully saturated rings. The first-order chi connectivity index (χ1) is 14.2. The number of benzene rings is 1. The fourth-order valence-corrected chi connectivity index (χ4v) is 3.60. The molecule has 0 radical (unpaired) electrons. The summed E-state index contributed by atoms with van der Waals surface area (Å²) in [5, 5.41) is 3.18. The van der Waals surface area contributed by atoms with Crippen LogP contribution in [0.15, 0.2) is 30.6 Å². The number of rotatable bonds is 4. The number of pyridine rings is 1. The standard InChI is InChI=1S/C20H17ClF4N4O/c21-13-5-11(8-26-18(13)10-29-3-1-20(24,25)2-4-29)19(30)28-17-9-27-16-7-15(23)14(22)6-12(16)17/h5-9,27H,1-4,10H2,(H,28,30). The van der Waals surface area contributed by atoms with Gasteiger partial charge in [0.1, 0.15) is 0 Å². The molecule has 0 unspecified atom stereocenters. The summed E-state index contributed by atoms with van der Waals surface area (Å²) in [6.45, 7) is 0.792. The van der Waals surface area contributed by atoms with E-state index >= 15 is 0 Å². The highest BCUT2D eigenvalue weighted by Gasteiger charge is 2.34. The molecule has 3 heterocycles. The summed E-state index contributed by atoms with van der Waals surface area (Å²) in [5.74, 6) is -5.18. The Morgan fingerprint density at radius 2 is 1.90 bits per heavy atom. The van der Waals surface area contributed by atoms with Gasteiger partial charge in [0.25, 0.3) is 11.8 Å². The van der Waals surface area contributed by atoms with Crippen LogP contribution in [0.2, 0.25) is 5.02 Å². The number of likely N-dealkylation sites (tertiary alicyclic amines) is 1. The SMILES string of the molecule is O=C(Nc1c[nH]c2cc(F)c(F)cc12)c1cnc(CN2CCC(F)(F)CC2)c(Cl)c1. The summed E-state index contributed by atoms with van der Waals surface area (Å²) in [6.07, 6.45) is 2.35. The predicted molar refractivity (Wildman–Crippen MR) is 105 cm³/mol. The summed E-state index contributed by atoms with van der Waals surface area (Å²) in [5.41, 5.74) is 1.28. The Balaban J connectivity index is 1.46. The smallest absolute Gasteiger partial charge is 0.257 e. The first-order valence-corrected chi connectivity index (χ1v) is 9.62. The van der Waals surface area contributed by atoms with Gasteiger partial charge in [0.15, 0.2) is 11.6 Å². The molecule has 2 N–H and O–H groups in total. The molecule has 1 aliphatic rings. The summed E-state index contributed by atoms with van der Waals surface area (Å²) < 4.78 is 53.4. The zero-order valence-corrected chi connectivity index (χ0v) is 16.4. The molecule has 5 nitrogen and oxygen atoms in total. The lowest BCUT2D eigenvalue weighted by Gasteiger charge is -2.31. The van der Waals surface area contributed by atoms with Crippen molar-refractivity contribution in [3.8, 4) is 0 Å². The average molecular weight is 441 g/mol. The molecule has 3 aromatic rings. The van der Waals surface area contributed by atoms with Crippen molar-refractivity contribution in [2.24, 2.45) is 0 Å². The Hall–Kier alpha value is -2.65. The number of hydrogen-bond acceptors (Lipinski definition) is 3. The number of alkyl halides is 2. The number of nitrogens with zero attached hydrogens (tertiary/aromatic N) is 2. The molecule has 0 atom stereocenters. The maximum atomic E-state index is 13.5. The quantitative estimate of drug-likeness (QED) is 0.563. The highest BCUT2D eigenvalue weighted by atomic mass is 35.5. The van der Waals surface area contributed by atoms with E-state index in [2.05, 4.69) is 15.3 Å². The normalized spacial score (nSPS) is 16.7. The van der Waals surface area contributed by atoms with E-state index in [1.807, 2.05) is 4.90 Å². The van der Waals surface area contributed by atoms with Crippen LogP contribution in [-0.4, -0.2) is 39.8 Å². The van der Waals surface area contributed by atoms with Crippen LogP contribution < -0.4 is 5.32 Å². The van der Waals surface area contributed by atoms with Crippen LogP contribution in [0.25, 0.3) is 10.9 Å². The second kappa shape index (κ2) is 7.88. The lowest BCUT2D eigenvalue weighted by atomic mass is 10.1. The Labute approximate surface area is 174 Å². The zero-order valence-electron chi connectivity index (χ0n) is 15.6. The van der Waals surface area contributed by atoms with E-state index in [0.29, 0.717) is 23.1 Å². The van der Waals surface area contributed by atoms with Gasteiger partial charge in [-0.3, -0.25) is 14.7 Å². The molecule has 10 heteroatoms. The van der Waals surface area contributed by atoms with Gasteiger partial charge in [0.2, 0.25) is 0 Å². The Morgan fingerprint density at radius 1 is 1.20 bits per heavy atom. The number of halogens is 5. The van der Waals surface area contributed by atoms with Gasteiger partial charge in [-0.1, -0.05) is 11.6 Å². The highest BCUT2D eigenvalue weighted by Crippen LogP contribution is 2.29. The van der Waals surface area contributed by atoms with Gasteiger partial charge in [-0.05, 0) is 12.1 Å². The van der Waals surface area contributed by atoms with Crippen molar-refractivity contribution in [2.45, 2.75) is 25.3 Å². The number of amides is 1. The molecule has 1 aliphatic heterocycles. The van der Waals surface area contributed by atoms with Crippen molar-refractivity contribution in [1.82, 2.24) is 14.9 Å². The Morgan fingerprint density at radius 3 is 2.60 bits per heavy atom. The molecular weight excluding hydrogens is 424 g/mol. The van der Waals surface area contributed by atoms with Crippen molar-refractivity contribution in [1.29, 1.82) is 0 Å². The molecule has 30 heavy (non-hydrogen) atoms. The Bertz CT molecular complexity index is 1110. The fourth-order valence-electron chi connectivity index (χ4n) is 3.37. The van der Waals surface area contributed by atoms with Crippen molar-refractivity contribution in [2.75, 3.05) is 18.4 Å². The highest BCUT2D eigenvalue weighted by molar-refractivity contribution is 6.31. The van der Waals surface area contributed by atoms with Crippen LogP contribution in [0, 0.1) is 11.6 Å². The molecule has 2 aromatic heterocycles. The average Bonchev–Trinajstić information content (AvgIpc) is 3.06. The number of fused-ring (bicyclic) bond motifs is 1. The first-order valence-electron chi connectivity index (χ1n) is 9.24. The van der Waals surface area contributed by atoms with Crippen LogP contribution in [0.3, 0.4) is 0 Å². The molecule has 1 aromatic carbocycles. The topological polar surface area (TPSA) is 61.0 Å². The van der Waals surface area contributed by atoms with Crippen molar-refractivity contribution < 1.29 is 22.4 Å². The lowest BCUT2D eigenvalue weighted by molar-refractivity contribution is -0.0568.